The van der Waals surface area contributed by atoms with Crippen LogP contribution in [-0.2, 0) is 35.2 Å². The third-order valence-corrected chi connectivity index (χ3v) is 5.43. The number of carbonyl (C=O) groups excluding carboxylic acids is 4. The van der Waals surface area contributed by atoms with E-state index in [1.54, 1.807) is 13.8 Å². The summed E-state index contributed by atoms with van der Waals surface area (Å²) in [5.74, 6) is -6.77. The van der Waals surface area contributed by atoms with Gasteiger partial charge in [0, 0.05) is 24.7 Å². The summed E-state index contributed by atoms with van der Waals surface area (Å²) < 4.78 is 0. The normalized spacial score (nSPS) is 15.0. The zero-order valence-corrected chi connectivity index (χ0v) is 20.0. The average molecular weight is 512 g/mol. The van der Waals surface area contributed by atoms with Crippen molar-refractivity contribution >= 4 is 35.6 Å². The highest BCUT2D eigenvalue weighted by Gasteiger charge is 2.33. The number of amides is 4. The minimum atomic E-state index is -1.66. The third kappa shape index (κ3) is 10.1. The maximum absolute atomic E-state index is 12.9. The van der Waals surface area contributed by atoms with Crippen molar-refractivity contribution < 1.29 is 39.0 Å². The highest BCUT2D eigenvalue weighted by atomic mass is 16.4. The lowest BCUT2D eigenvalue weighted by Crippen LogP contribution is -2.58. The molecule has 0 aliphatic rings. The second-order valence-electron chi connectivity index (χ2n) is 8.32. The number of H-pyrrole nitrogens is 1. The third-order valence-electron chi connectivity index (χ3n) is 5.43. The number of carbonyl (C=O) groups is 6. The Balaban J connectivity index is 3.01. The van der Waals surface area contributed by atoms with E-state index >= 15 is 0 Å². The molecule has 0 bridgehead atoms. The summed E-state index contributed by atoms with van der Waals surface area (Å²) in [6.45, 7) is 3.30. The minimum Gasteiger partial charge on any atom is -0.481 e. The van der Waals surface area contributed by atoms with Crippen molar-refractivity contribution in [3.63, 3.8) is 0 Å². The molecule has 0 aliphatic carbocycles. The van der Waals surface area contributed by atoms with Crippen LogP contribution in [0.4, 0.5) is 0 Å². The lowest BCUT2D eigenvalue weighted by atomic mass is 9.98. The average Bonchev–Trinajstić information content (AvgIpc) is 3.31. The largest absolute Gasteiger partial charge is 0.481 e. The summed E-state index contributed by atoms with van der Waals surface area (Å²) in [5, 5.41) is 25.4. The first kappa shape index (κ1) is 30.0. The number of hydrogen-bond donors (Lipinski definition) is 8. The number of nitrogens with two attached hydrogens (primary N) is 2. The number of primary amides is 1. The number of aromatic amines is 1. The lowest BCUT2D eigenvalue weighted by Gasteiger charge is -2.26. The van der Waals surface area contributed by atoms with Crippen molar-refractivity contribution in [3.8, 4) is 0 Å². The molecule has 0 saturated carbocycles. The van der Waals surface area contributed by atoms with Gasteiger partial charge >= 0.3 is 11.9 Å². The monoisotopic (exact) mass is 511 g/mol. The highest BCUT2D eigenvalue weighted by molar-refractivity contribution is 5.95. The maximum atomic E-state index is 12.9. The summed E-state index contributed by atoms with van der Waals surface area (Å²) in [6, 6.07) is -5.46. The highest BCUT2D eigenvalue weighted by Crippen LogP contribution is 2.09. The number of hydrogen-bond acceptors (Lipinski definition) is 8. The second-order valence-corrected chi connectivity index (χ2v) is 8.32. The Hall–Kier alpha value is -4.01. The Morgan fingerprint density at radius 2 is 1.64 bits per heavy atom. The molecule has 1 heterocycles. The van der Waals surface area contributed by atoms with E-state index in [1.165, 1.54) is 12.5 Å². The summed E-state index contributed by atoms with van der Waals surface area (Å²) in [4.78, 5) is 78.8. The molecule has 0 saturated heterocycles. The number of aliphatic carboxylic acids is 2. The van der Waals surface area contributed by atoms with Crippen LogP contribution in [0.15, 0.2) is 12.5 Å². The van der Waals surface area contributed by atoms with Crippen molar-refractivity contribution in [2.24, 2.45) is 17.4 Å². The molecule has 0 fully saturated rings. The maximum Gasteiger partial charge on any atom is 0.326 e. The molecular weight excluding hydrogens is 478 g/mol. The summed E-state index contributed by atoms with van der Waals surface area (Å²) in [5.41, 5.74) is 11.6. The molecule has 0 radical (unpaired) electrons. The molecule has 4 amide bonds. The topological polar surface area (TPSA) is 260 Å². The number of carboxylic acids is 2. The Morgan fingerprint density at radius 3 is 2.14 bits per heavy atom. The van der Waals surface area contributed by atoms with E-state index in [9.17, 15) is 39.0 Å². The number of nitrogens with zero attached hydrogens (tertiary/aromatic N) is 1. The molecule has 1 rings (SSSR count). The smallest absolute Gasteiger partial charge is 0.326 e. The molecule has 36 heavy (non-hydrogen) atoms. The fourth-order valence-corrected chi connectivity index (χ4v) is 3.15. The summed E-state index contributed by atoms with van der Waals surface area (Å²) >= 11 is 0. The standard InChI is InChI=1S/C21H33N7O8/c1-3-10(2)17(21(35)36)28-20(34)14(7-16(30)31)27-19(33)13(4-5-15(23)29)26-18(32)12(22)6-11-8-24-9-25-11/h8-10,12-14,17H,3-7,22H2,1-2H3,(H2,23,29)(H,24,25)(H,26,32)(H,27,33)(H,28,34)(H,30,31)(H,35,36). The van der Waals surface area contributed by atoms with E-state index in [0.717, 1.165) is 0 Å². The van der Waals surface area contributed by atoms with E-state index in [-0.39, 0.29) is 19.3 Å². The second kappa shape index (κ2) is 14.4. The number of imidazole rings is 1. The van der Waals surface area contributed by atoms with Gasteiger partial charge in [0.1, 0.15) is 18.1 Å². The Kier molecular flexibility index (Phi) is 12.0. The number of rotatable bonds is 16. The first-order valence-corrected chi connectivity index (χ1v) is 11.2. The summed E-state index contributed by atoms with van der Waals surface area (Å²) in [7, 11) is 0. The molecule has 0 aromatic carbocycles. The van der Waals surface area contributed by atoms with Crippen LogP contribution in [0.5, 0.6) is 0 Å². The quantitative estimate of drug-likeness (QED) is 0.117. The van der Waals surface area contributed by atoms with E-state index in [1.807, 2.05) is 0 Å². The molecule has 15 heteroatoms. The zero-order chi connectivity index (χ0) is 27.4. The van der Waals surface area contributed by atoms with Gasteiger partial charge in [0.05, 0.1) is 18.8 Å². The SMILES string of the molecule is CCC(C)C(NC(=O)C(CC(=O)O)NC(=O)C(CCC(N)=O)NC(=O)C(N)Cc1cnc[nH]1)C(=O)O. The van der Waals surface area contributed by atoms with Crippen LogP contribution in [0.25, 0.3) is 0 Å². The van der Waals surface area contributed by atoms with Crippen molar-refractivity contribution in [1.82, 2.24) is 25.9 Å². The van der Waals surface area contributed by atoms with Crippen LogP contribution >= 0.6 is 0 Å². The van der Waals surface area contributed by atoms with Crippen LogP contribution in [0.3, 0.4) is 0 Å². The molecule has 5 unspecified atom stereocenters. The van der Waals surface area contributed by atoms with E-state index in [4.69, 9.17) is 11.5 Å². The molecule has 10 N–H and O–H groups in total. The van der Waals surface area contributed by atoms with Gasteiger partial charge in [0.25, 0.3) is 0 Å². The van der Waals surface area contributed by atoms with Crippen molar-refractivity contribution in [1.29, 1.82) is 0 Å². The first-order chi connectivity index (χ1) is 16.8. The Morgan fingerprint density at radius 1 is 1.03 bits per heavy atom. The Labute approximate surface area is 206 Å². The predicted molar refractivity (Wildman–Crippen MR) is 124 cm³/mol. The number of nitrogens with one attached hydrogen (secondary N) is 4. The molecule has 15 nitrogen and oxygen atoms in total. The predicted octanol–water partition coefficient (Wildman–Crippen LogP) is -2.40. The van der Waals surface area contributed by atoms with Crippen molar-refractivity contribution in [2.75, 3.05) is 0 Å². The molecular formula is C21H33N7O8. The van der Waals surface area contributed by atoms with Gasteiger partial charge in [0.2, 0.25) is 23.6 Å². The number of aromatic nitrogens is 2. The van der Waals surface area contributed by atoms with Crippen LogP contribution in [-0.4, -0.2) is 79.9 Å². The molecule has 0 spiro atoms. The van der Waals surface area contributed by atoms with E-state index in [2.05, 4.69) is 25.9 Å². The van der Waals surface area contributed by atoms with Crippen LogP contribution in [0.1, 0.15) is 45.2 Å². The van der Waals surface area contributed by atoms with E-state index < -0.39 is 72.1 Å². The molecule has 5 atom stereocenters. The molecule has 1 aromatic heterocycles. The number of carboxylic acid groups (broad SMARTS) is 2. The van der Waals surface area contributed by atoms with Gasteiger partial charge in [-0.1, -0.05) is 20.3 Å². The van der Waals surface area contributed by atoms with Gasteiger partial charge in [0.15, 0.2) is 0 Å². The zero-order valence-electron chi connectivity index (χ0n) is 20.0. The Bertz CT molecular complexity index is 937. The molecule has 200 valence electrons. The minimum absolute atomic E-state index is 0.0617. The fraction of sp³-hybridized carbons (Fsp3) is 0.571. The summed E-state index contributed by atoms with van der Waals surface area (Å²) in [6.07, 6.45) is 1.91. The van der Waals surface area contributed by atoms with Gasteiger partial charge in [-0.3, -0.25) is 24.0 Å². The van der Waals surface area contributed by atoms with Crippen LogP contribution in [0.2, 0.25) is 0 Å². The van der Waals surface area contributed by atoms with Gasteiger partial charge < -0.3 is 42.6 Å². The van der Waals surface area contributed by atoms with Gasteiger partial charge in [-0.05, 0) is 12.3 Å². The molecule has 1 aromatic rings. The van der Waals surface area contributed by atoms with E-state index in [0.29, 0.717) is 12.1 Å². The molecule has 0 aliphatic heterocycles. The first-order valence-electron chi connectivity index (χ1n) is 11.2. The van der Waals surface area contributed by atoms with Crippen molar-refractivity contribution in [3.05, 3.63) is 18.2 Å². The fourth-order valence-electron chi connectivity index (χ4n) is 3.15. The van der Waals surface area contributed by atoms with Gasteiger partial charge in [-0.25, -0.2) is 9.78 Å². The van der Waals surface area contributed by atoms with Crippen LogP contribution in [0, 0.1) is 5.92 Å². The van der Waals surface area contributed by atoms with Gasteiger partial charge in [-0.2, -0.15) is 0 Å². The van der Waals surface area contributed by atoms with Crippen molar-refractivity contribution in [2.45, 2.75) is 70.1 Å². The van der Waals surface area contributed by atoms with Crippen LogP contribution < -0.4 is 27.4 Å². The van der Waals surface area contributed by atoms with Gasteiger partial charge in [-0.15, -0.1) is 0 Å². The lowest BCUT2D eigenvalue weighted by molar-refractivity contribution is -0.144.